The van der Waals surface area contributed by atoms with Crippen molar-refractivity contribution in [1.82, 2.24) is 4.98 Å². The quantitative estimate of drug-likeness (QED) is 0.796. The summed E-state index contributed by atoms with van der Waals surface area (Å²) in [5.74, 6) is -0.634. The van der Waals surface area contributed by atoms with Crippen LogP contribution in [-0.2, 0) is 0 Å². The summed E-state index contributed by atoms with van der Waals surface area (Å²) >= 11 is 0. The van der Waals surface area contributed by atoms with Crippen molar-refractivity contribution in [3.8, 4) is 5.75 Å². The molecule has 0 aliphatic rings. The fraction of sp³-hybridized carbons (Fsp3) is 0.0909. The number of aromatic nitrogens is 1. The van der Waals surface area contributed by atoms with Crippen LogP contribution < -0.4 is 10.3 Å². The third-order valence-electron chi connectivity index (χ3n) is 2.28. The van der Waals surface area contributed by atoms with E-state index in [4.69, 9.17) is 9.84 Å². The molecule has 5 heteroatoms. The molecular formula is C11H9NO4. The number of hydrogen-bond acceptors (Lipinski definition) is 3. The molecule has 0 aliphatic heterocycles. The number of pyridine rings is 1. The van der Waals surface area contributed by atoms with E-state index in [1.807, 2.05) is 0 Å². The van der Waals surface area contributed by atoms with Crippen LogP contribution in [-0.4, -0.2) is 23.2 Å². The highest BCUT2D eigenvalue weighted by molar-refractivity contribution is 5.92. The van der Waals surface area contributed by atoms with Gasteiger partial charge in [-0.25, -0.2) is 4.79 Å². The number of benzene rings is 1. The second-order valence-corrected chi connectivity index (χ2v) is 3.27. The maximum atomic E-state index is 11.4. The first-order valence-corrected chi connectivity index (χ1v) is 4.56. The van der Waals surface area contributed by atoms with Gasteiger partial charge in [0, 0.05) is 6.07 Å². The number of nitrogens with one attached hydrogen (secondary N) is 1. The van der Waals surface area contributed by atoms with E-state index < -0.39 is 11.5 Å². The van der Waals surface area contributed by atoms with Crippen LogP contribution in [0.5, 0.6) is 5.75 Å². The van der Waals surface area contributed by atoms with Gasteiger partial charge in [0.1, 0.15) is 11.3 Å². The molecule has 0 fully saturated rings. The molecule has 1 aromatic heterocycles. The van der Waals surface area contributed by atoms with E-state index in [-0.39, 0.29) is 5.56 Å². The van der Waals surface area contributed by atoms with E-state index >= 15 is 0 Å². The third-order valence-corrected chi connectivity index (χ3v) is 2.28. The molecule has 0 aliphatic carbocycles. The molecule has 1 aromatic carbocycles. The molecule has 1 heterocycles. The lowest BCUT2D eigenvalue weighted by Gasteiger charge is -2.02. The number of methoxy groups -OCH3 is 1. The molecule has 16 heavy (non-hydrogen) atoms. The molecule has 0 spiro atoms. The Labute approximate surface area is 90.3 Å². The Bertz CT molecular complexity index is 615. The predicted molar refractivity (Wildman–Crippen MR) is 58.1 cm³/mol. The molecule has 5 nitrogen and oxygen atoms in total. The number of aromatic amines is 1. The smallest absolute Gasteiger partial charge is 0.341 e. The average Bonchev–Trinajstić information content (AvgIpc) is 2.27. The SMILES string of the molecule is COc1ccc2cc(C(=O)O)c(=O)[nH]c2c1. The molecule has 0 saturated heterocycles. The zero-order valence-electron chi connectivity index (χ0n) is 8.48. The molecule has 2 N–H and O–H groups in total. The third kappa shape index (κ3) is 1.63. The van der Waals surface area contributed by atoms with Gasteiger partial charge in [-0.3, -0.25) is 4.79 Å². The summed E-state index contributed by atoms with van der Waals surface area (Å²) in [7, 11) is 1.52. The number of H-pyrrole nitrogens is 1. The van der Waals surface area contributed by atoms with Crippen molar-refractivity contribution in [2.24, 2.45) is 0 Å². The number of aromatic carboxylic acids is 1. The van der Waals surface area contributed by atoms with Crippen molar-refractivity contribution in [1.29, 1.82) is 0 Å². The number of carbonyl (C=O) groups is 1. The fourth-order valence-electron chi connectivity index (χ4n) is 1.47. The topological polar surface area (TPSA) is 79.4 Å². The first-order chi connectivity index (χ1) is 7.61. The van der Waals surface area contributed by atoms with Gasteiger partial charge in [-0.05, 0) is 23.6 Å². The second-order valence-electron chi connectivity index (χ2n) is 3.27. The van der Waals surface area contributed by atoms with Crippen molar-refractivity contribution in [3.05, 3.63) is 40.2 Å². The maximum Gasteiger partial charge on any atom is 0.341 e. The van der Waals surface area contributed by atoms with Crippen molar-refractivity contribution in [2.75, 3.05) is 7.11 Å². The monoisotopic (exact) mass is 219 g/mol. The van der Waals surface area contributed by atoms with Crippen LogP contribution in [0, 0.1) is 0 Å². The van der Waals surface area contributed by atoms with Gasteiger partial charge >= 0.3 is 5.97 Å². The lowest BCUT2D eigenvalue weighted by atomic mass is 10.1. The second kappa shape index (κ2) is 3.69. The Hall–Kier alpha value is -2.30. The zero-order chi connectivity index (χ0) is 11.7. The lowest BCUT2D eigenvalue weighted by Crippen LogP contribution is -2.16. The molecule has 0 radical (unpaired) electrons. The number of fused-ring (bicyclic) bond motifs is 1. The number of rotatable bonds is 2. The Morgan fingerprint density at radius 3 is 2.75 bits per heavy atom. The maximum absolute atomic E-state index is 11.4. The van der Waals surface area contributed by atoms with Crippen molar-refractivity contribution >= 4 is 16.9 Å². The fourth-order valence-corrected chi connectivity index (χ4v) is 1.47. The summed E-state index contributed by atoms with van der Waals surface area (Å²) in [6, 6.07) is 6.38. The Balaban J connectivity index is 2.74. The van der Waals surface area contributed by atoms with Crippen LogP contribution in [0.25, 0.3) is 10.9 Å². The van der Waals surface area contributed by atoms with E-state index in [1.165, 1.54) is 13.2 Å². The van der Waals surface area contributed by atoms with E-state index in [9.17, 15) is 9.59 Å². The number of carboxylic acids is 1. The van der Waals surface area contributed by atoms with Crippen LogP contribution in [0.3, 0.4) is 0 Å². The molecule has 0 unspecified atom stereocenters. The number of hydrogen-bond donors (Lipinski definition) is 2. The predicted octanol–water partition coefficient (Wildman–Crippen LogP) is 1.23. The van der Waals surface area contributed by atoms with Crippen LogP contribution in [0.15, 0.2) is 29.1 Å². The normalized spacial score (nSPS) is 10.3. The highest BCUT2D eigenvalue weighted by Gasteiger charge is 2.09. The van der Waals surface area contributed by atoms with Crippen LogP contribution in [0.2, 0.25) is 0 Å². The van der Waals surface area contributed by atoms with Gasteiger partial charge < -0.3 is 14.8 Å². The lowest BCUT2D eigenvalue weighted by molar-refractivity contribution is 0.0695. The summed E-state index contributed by atoms with van der Waals surface area (Å²) in [5.41, 5.74) is -0.333. The van der Waals surface area contributed by atoms with Crippen molar-refractivity contribution in [2.45, 2.75) is 0 Å². The minimum atomic E-state index is -1.24. The first kappa shape index (κ1) is 10.2. The minimum absolute atomic E-state index is 0.266. The summed E-state index contributed by atoms with van der Waals surface area (Å²) in [5, 5.41) is 9.43. The van der Waals surface area contributed by atoms with Crippen LogP contribution >= 0.6 is 0 Å². The Kier molecular flexibility index (Phi) is 2.36. The Morgan fingerprint density at radius 1 is 1.38 bits per heavy atom. The highest BCUT2D eigenvalue weighted by atomic mass is 16.5. The van der Waals surface area contributed by atoms with E-state index in [1.54, 1.807) is 18.2 Å². The van der Waals surface area contributed by atoms with Gasteiger partial charge in [0.2, 0.25) is 0 Å². The molecule has 0 amide bonds. The largest absolute Gasteiger partial charge is 0.497 e. The summed E-state index contributed by atoms with van der Waals surface area (Å²) in [6.07, 6.45) is 0. The molecule has 2 rings (SSSR count). The van der Waals surface area contributed by atoms with Crippen molar-refractivity contribution < 1.29 is 14.6 Å². The number of carboxylic acid groups (broad SMARTS) is 1. The minimum Gasteiger partial charge on any atom is -0.497 e. The Morgan fingerprint density at radius 2 is 2.12 bits per heavy atom. The molecule has 82 valence electrons. The van der Waals surface area contributed by atoms with Gasteiger partial charge in [-0.2, -0.15) is 0 Å². The van der Waals surface area contributed by atoms with Crippen molar-refractivity contribution in [3.63, 3.8) is 0 Å². The average molecular weight is 219 g/mol. The van der Waals surface area contributed by atoms with Gasteiger partial charge in [0.15, 0.2) is 0 Å². The molecular weight excluding hydrogens is 210 g/mol. The van der Waals surface area contributed by atoms with Crippen LogP contribution in [0.4, 0.5) is 0 Å². The standard InChI is InChI=1S/C11H9NO4/c1-16-7-3-2-6-4-8(11(14)15)10(13)12-9(6)5-7/h2-5H,1H3,(H,12,13)(H,14,15). The molecule has 0 saturated carbocycles. The highest BCUT2D eigenvalue weighted by Crippen LogP contribution is 2.18. The molecule has 0 atom stereocenters. The molecule has 0 bridgehead atoms. The summed E-state index contributed by atoms with van der Waals surface area (Å²) in [4.78, 5) is 24.6. The van der Waals surface area contributed by atoms with E-state index in [0.717, 1.165) is 0 Å². The number of ether oxygens (including phenoxy) is 1. The van der Waals surface area contributed by atoms with Gasteiger partial charge in [0.25, 0.3) is 5.56 Å². The van der Waals surface area contributed by atoms with Gasteiger partial charge in [-0.1, -0.05) is 0 Å². The first-order valence-electron chi connectivity index (χ1n) is 4.56. The van der Waals surface area contributed by atoms with Crippen LogP contribution in [0.1, 0.15) is 10.4 Å². The summed E-state index contributed by atoms with van der Waals surface area (Å²) in [6.45, 7) is 0. The van der Waals surface area contributed by atoms with E-state index in [2.05, 4.69) is 4.98 Å². The summed E-state index contributed by atoms with van der Waals surface area (Å²) < 4.78 is 5.00. The van der Waals surface area contributed by atoms with E-state index in [0.29, 0.717) is 16.7 Å². The molecule has 2 aromatic rings. The zero-order valence-corrected chi connectivity index (χ0v) is 8.48. The van der Waals surface area contributed by atoms with Gasteiger partial charge in [-0.15, -0.1) is 0 Å². The van der Waals surface area contributed by atoms with Gasteiger partial charge in [0.05, 0.1) is 12.6 Å².